The lowest BCUT2D eigenvalue weighted by Crippen LogP contribution is -2.23. The van der Waals surface area contributed by atoms with Gasteiger partial charge in [0.1, 0.15) is 0 Å². The van der Waals surface area contributed by atoms with E-state index in [0.29, 0.717) is 6.04 Å². The van der Waals surface area contributed by atoms with Crippen molar-refractivity contribution in [2.75, 3.05) is 6.54 Å². The van der Waals surface area contributed by atoms with E-state index in [2.05, 4.69) is 25.4 Å². The normalized spacial score (nSPS) is 12.6. The zero-order chi connectivity index (χ0) is 6.41. The SMILES string of the molecule is C=CCN[C@@H](C)C=C. The molecular weight excluding hydrogens is 98.1 g/mol. The summed E-state index contributed by atoms with van der Waals surface area (Å²) in [5, 5.41) is 3.15. The van der Waals surface area contributed by atoms with Crippen molar-refractivity contribution in [1.29, 1.82) is 0 Å². The first kappa shape index (κ1) is 7.44. The van der Waals surface area contributed by atoms with Crippen molar-refractivity contribution in [2.24, 2.45) is 0 Å². The predicted octanol–water partition coefficient (Wildman–Crippen LogP) is 1.34. The maximum absolute atomic E-state index is 3.62. The average molecular weight is 111 g/mol. The minimum atomic E-state index is 0.396. The molecule has 0 heterocycles. The topological polar surface area (TPSA) is 12.0 Å². The van der Waals surface area contributed by atoms with Gasteiger partial charge in [-0.3, -0.25) is 0 Å². The molecule has 0 saturated carbocycles. The molecule has 0 saturated heterocycles. The van der Waals surface area contributed by atoms with Crippen LogP contribution in [0.15, 0.2) is 25.3 Å². The Balaban J connectivity index is 3.09. The molecule has 0 rings (SSSR count). The molecule has 0 unspecified atom stereocenters. The molecule has 1 heteroatoms. The van der Waals surface area contributed by atoms with Crippen LogP contribution in [0, 0.1) is 0 Å². The summed E-state index contributed by atoms with van der Waals surface area (Å²) in [5.74, 6) is 0. The lowest BCUT2D eigenvalue weighted by molar-refractivity contribution is 0.687. The first-order valence-corrected chi connectivity index (χ1v) is 2.78. The van der Waals surface area contributed by atoms with Gasteiger partial charge < -0.3 is 5.32 Å². The molecule has 0 radical (unpaired) electrons. The summed E-state index contributed by atoms with van der Waals surface area (Å²) >= 11 is 0. The van der Waals surface area contributed by atoms with E-state index in [4.69, 9.17) is 0 Å². The lowest BCUT2D eigenvalue weighted by Gasteiger charge is -2.03. The highest BCUT2D eigenvalue weighted by Crippen LogP contribution is 1.78. The lowest BCUT2D eigenvalue weighted by atomic mass is 10.3. The Morgan fingerprint density at radius 1 is 1.62 bits per heavy atom. The summed E-state index contributed by atoms with van der Waals surface area (Å²) in [7, 11) is 0. The van der Waals surface area contributed by atoms with Crippen LogP contribution in [0.1, 0.15) is 6.92 Å². The Hall–Kier alpha value is -0.560. The minimum absolute atomic E-state index is 0.396. The summed E-state index contributed by atoms with van der Waals surface area (Å²) in [6.07, 6.45) is 3.70. The number of rotatable bonds is 4. The van der Waals surface area contributed by atoms with Crippen LogP contribution < -0.4 is 5.32 Å². The quantitative estimate of drug-likeness (QED) is 0.540. The third kappa shape index (κ3) is 3.62. The second-order valence-corrected chi connectivity index (χ2v) is 1.72. The van der Waals surface area contributed by atoms with E-state index >= 15 is 0 Å². The average Bonchev–Trinajstić information content (AvgIpc) is 1.83. The van der Waals surface area contributed by atoms with Gasteiger partial charge in [0.25, 0.3) is 0 Å². The molecule has 1 N–H and O–H groups in total. The van der Waals surface area contributed by atoms with E-state index in [0.717, 1.165) is 6.54 Å². The van der Waals surface area contributed by atoms with Crippen molar-refractivity contribution in [3.8, 4) is 0 Å². The molecule has 0 bridgehead atoms. The largest absolute Gasteiger partial charge is 0.307 e. The maximum Gasteiger partial charge on any atom is 0.0222 e. The molecule has 0 aliphatic heterocycles. The Bertz CT molecular complexity index is 76.5. The van der Waals surface area contributed by atoms with Gasteiger partial charge in [0.15, 0.2) is 0 Å². The molecule has 0 aromatic heterocycles. The molecular formula is C7H13N. The predicted molar refractivity (Wildman–Crippen MR) is 37.9 cm³/mol. The van der Waals surface area contributed by atoms with Crippen molar-refractivity contribution in [1.82, 2.24) is 5.32 Å². The van der Waals surface area contributed by atoms with Crippen molar-refractivity contribution in [3.05, 3.63) is 25.3 Å². The van der Waals surface area contributed by atoms with E-state index in [-0.39, 0.29) is 0 Å². The van der Waals surface area contributed by atoms with Crippen molar-refractivity contribution >= 4 is 0 Å². The Morgan fingerprint density at radius 3 is 2.62 bits per heavy atom. The van der Waals surface area contributed by atoms with Crippen LogP contribution in [0.4, 0.5) is 0 Å². The zero-order valence-electron chi connectivity index (χ0n) is 5.35. The second-order valence-electron chi connectivity index (χ2n) is 1.72. The number of nitrogens with one attached hydrogen (secondary N) is 1. The fraction of sp³-hybridized carbons (Fsp3) is 0.429. The summed E-state index contributed by atoms with van der Waals surface area (Å²) in [5.41, 5.74) is 0. The van der Waals surface area contributed by atoms with Crippen LogP contribution in [-0.2, 0) is 0 Å². The molecule has 0 aliphatic carbocycles. The fourth-order valence-electron chi connectivity index (χ4n) is 0.353. The van der Waals surface area contributed by atoms with Crippen LogP contribution in [0.25, 0.3) is 0 Å². The monoisotopic (exact) mass is 111 g/mol. The van der Waals surface area contributed by atoms with Gasteiger partial charge in [0.2, 0.25) is 0 Å². The summed E-state index contributed by atoms with van der Waals surface area (Å²) in [4.78, 5) is 0. The zero-order valence-corrected chi connectivity index (χ0v) is 5.35. The molecule has 8 heavy (non-hydrogen) atoms. The van der Waals surface area contributed by atoms with Gasteiger partial charge >= 0.3 is 0 Å². The van der Waals surface area contributed by atoms with Crippen LogP contribution in [-0.4, -0.2) is 12.6 Å². The first-order valence-electron chi connectivity index (χ1n) is 2.78. The highest BCUT2D eigenvalue weighted by molar-refractivity contribution is 4.83. The van der Waals surface area contributed by atoms with E-state index in [9.17, 15) is 0 Å². The number of hydrogen-bond donors (Lipinski definition) is 1. The van der Waals surface area contributed by atoms with Gasteiger partial charge in [-0.2, -0.15) is 0 Å². The van der Waals surface area contributed by atoms with Crippen molar-refractivity contribution < 1.29 is 0 Å². The van der Waals surface area contributed by atoms with Gasteiger partial charge in [-0.05, 0) is 6.92 Å². The second kappa shape index (κ2) is 4.60. The summed E-state index contributed by atoms with van der Waals surface area (Å²) in [6.45, 7) is 10.1. The molecule has 0 aliphatic rings. The Morgan fingerprint density at radius 2 is 2.25 bits per heavy atom. The Labute approximate surface area is 51.1 Å². The fourth-order valence-corrected chi connectivity index (χ4v) is 0.353. The van der Waals surface area contributed by atoms with E-state index in [1.807, 2.05) is 12.2 Å². The first-order chi connectivity index (χ1) is 3.81. The van der Waals surface area contributed by atoms with Gasteiger partial charge in [-0.15, -0.1) is 13.2 Å². The van der Waals surface area contributed by atoms with Crippen LogP contribution in [0.5, 0.6) is 0 Å². The van der Waals surface area contributed by atoms with Gasteiger partial charge in [0.05, 0.1) is 0 Å². The maximum atomic E-state index is 3.62. The summed E-state index contributed by atoms with van der Waals surface area (Å²) in [6, 6.07) is 0.396. The number of hydrogen-bond acceptors (Lipinski definition) is 1. The molecule has 0 fully saturated rings. The van der Waals surface area contributed by atoms with Crippen LogP contribution >= 0.6 is 0 Å². The minimum Gasteiger partial charge on any atom is -0.307 e. The molecule has 1 nitrogen and oxygen atoms in total. The molecule has 0 aromatic rings. The highest BCUT2D eigenvalue weighted by Gasteiger charge is 1.87. The smallest absolute Gasteiger partial charge is 0.0222 e. The van der Waals surface area contributed by atoms with Crippen LogP contribution in [0.3, 0.4) is 0 Å². The molecule has 1 atom stereocenters. The van der Waals surface area contributed by atoms with Gasteiger partial charge in [-0.25, -0.2) is 0 Å². The van der Waals surface area contributed by atoms with E-state index in [1.54, 1.807) is 0 Å². The van der Waals surface area contributed by atoms with E-state index < -0.39 is 0 Å². The third-order valence-corrected chi connectivity index (χ3v) is 0.938. The molecule has 0 amide bonds. The molecule has 46 valence electrons. The molecule has 0 spiro atoms. The van der Waals surface area contributed by atoms with Crippen molar-refractivity contribution in [3.63, 3.8) is 0 Å². The van der Waals surface area contributed by atoms with Crippen molar-refractivity contribution in [2.45, 2.75) is 13.0 Å². The Kier molecular flexibility index (Phi) is 4.27. The summed E-state index contributed by atoms with van der Waals surface area (Å²) < 4.78 is 0. The molecule has 0 aromatic carbocycles. The van der Waals surface area contributed by atoms with Gasteiger partial charge in [0, 0.05) is 12.6 Å². The standard InChI is InChI=1S/C7H13N/c1-4-6-8-7(3)5-2/h4-5,7-8H,1-2,6H2,3H3/t7-/m0/s1. The highest BCUT2D eigenvalue weighted by atomic mass is 14.9. The van der Waals surface area contributed by atoms with Crippen LogP contribution in [0.2, 0.25) is 0 Å². The third-order valence-electron chi connectivity index (χ3n) is 0.938. The van der Waals surface area contributed by atoms with E-state index in [1.165, 1.54) is 0 Å². The van der Waals surface area contributed by atoms with Gasteiger partial charge in [-0.1, -0.05) is 12.2 Å².